The summed E-state index contributed by atoms with van der Waals surface area (Å²) < 4.78 is 39.3. The van der Waals surface area contributed by atoms with E-state index in [1.165, 1.54) is 4.90 Å². The molecule has 0 spiro atoms. The van der Waals surface area contributed by atoms with Gasteiger partial charge in [-0.25, -0.2) is 13.6 Å². The molecular weight excluding hydrogens is 452 g/mol. The highest BCUT2D eigenvalue weighted by atomic mass is 19.3. The van der Waals surface area contributed by atoms with Gasteiger partial charge in [0, 0.05) is 31.3 Å². The van der Waals surface area contributed by atoms with Crippen LogP contribution in [0, 0.1) is 0 Å². The average molecular weight is 490 g/mol. The first-order chi connectivity index (χ1) is 15.9. The average Bonchev–Trinajstić information content (AvgIpc) is 3.27. The van der Waals surface area contributed by atoms with Crippen LogP contribution in [0.5, 0.6) is 0 Å². The van der Waals surface area contributed by atoms with Crippen molar-refractivity contribution in [3.05, 3.63) is 11.7 Å². The second kappa shape index (κ2) is 11.9. The SMILES string of the molecule is CCCC(F)(F)C[C@H](NC(=O)N1CCOCC1)C(=O)N[C@@H](CC)C(O)c1noc(C(C)(C)C)n1. The predicted octanol–water partition coefficient (Wildman–Crippen LogP) is 2.53. The van der Waals surface area contributed by atoms with Crippen LogP contribution in [0.2, 0.25) is 0 Å². The van der Waals surface area contributed by atoms with Gasteiger partial charge in [0.1, 0.15) is 12.1 Å². The summed E-state index contributed by atoms with van der Waals surface area (Å²) in [5, 5.41) is 19.6. The summed E-state index contributed by atoms with van der Waals surface area (Å²) in [5.41, 5.74) is -0.435. The van der Waals surface area contributed by atoms with Crippen molar-refractivity contribution in [1.29, 1.82) is 0 Å². The summed E-state index contributed by atoms with van der Waals surface area (Å²) in [4.78, 5) is 31.3. The van der Waals surface area contributed by atoms with Crippen molar-refractivity contribution in [2.24, 2.45) is 0 Å². The molecule has 34 heavy (non-hydrogen) atoms. The summed E-state index contributed by atoms with van der Waals surface area (Å²) >= 11 is 0. The molecule has 2 rings (SSSR count). The number of carbonyl (C=O) groups is 2. The standard InChI is InChI=1S/C22H37F2N5O5/c1-6-8-22(23,24)13-15(26-20(32)29-9-11-33-12-10-29)18(31)25-14(7-2)16(30)17-27-19(34-28-17)21(3,4)5/h14-16,30H,6-13H2,1-5H3,(H,25,31)(H,26,32)/t14-,15-,16?/m0/s1. The quantitative estimate of drug-likeness (QED) is 0.460. The summed E-state index contributed by atoms with van der Waals surface area (Å²) in [5.74, 6) is -3.66. The lowest BCUT2D eigenvalue weighted by molar-refractivity contribution is -0.127. The van der Waals surface area contributed by atoms with E-state index >= 15 is 0 Å². The van der Waals surface area contributed by atoms with Gasteiger partial charge in [0.05, 0.1) is 19.3 Å². The molecule has 0 radical (unpaired) electrons. The predicted molar refractivity (Wildman–Crippen MR) is 119 cm³/mol. The van der Waals surface area contributed by atoms with Crippen LogP contribution in [0.1, 0.15) is 78.1 Å². The molecule has 1 aromatic heterocycles. The lowest BCUT2D eigenvalue weighted by atomic mass is 9.97. The number of halogens is 2. The zero-order valence-electron chi connectivity index (χ0n) is 20.6. The highest BCUT2D eigenvalue weighted by Gasteiger charge is 2.38. The number of aliphatic hydroxyl groups excluding tert-OH is 1. The lowest BCUT2D eigenvalue weighted by Crippen LogP contribution is -2.56. The molecule has 194 valence electrons. The molecular formula is C22H37F2N5O5. The smallest absolute Gasteiger partial charge is 0.318 e. The van der Waals surface area contributed by atoms with Crippen LogP contribution in [-0.4, -0.2) is 76.4 Å². The van der Waals surface area contributed by atoms with Gasteiger partial charge < -0.3 is 29.9 Å². The van der Waals surface area contributed by atoms with Gasteiger partial charge in [-0.3, -0.25) is 4.79 Å². The maximum absolute atomic E-state index is 14.4. The first-order valence-electron chi connectivity index (χ1n) is 11.7. The summed E-state index contributed by atoms with van der Waals surface area (Å²) in [6.45, 7) is 10.2. The molecule has 3 amide bonds. The third kappa shape index (κ3) is 7.86. The van der Waals surface area contributed by atoms with Gasteiger partial charge in [-0.1, -0.05) is 46.2 Å². The van der Waals surface area contributed by atoms with E-state index in [4.69, 9.17) is 9.26 Å². The van der Waals surface area contributed by atoms with Gasteiger partial charge in [0.15, 0.2) is 0 Å². The maximum atomic E-state index is 14.4. The van der Waals surface area contributed by atoms with Crippen molar-refractivity contribution in [3.63, 3.8) is 0 Å². The molecule has 0 saturated carbocycles. The third-order valence-electron chi connectivity index (χ3n) is 5.53. The highest BCUT2D eigenvalue weighted by molar-refractivity contribution is 5.87. The zero-order valence-corrected chi connectivity index (χ0v) is 20.6. The molecule has 0 aromatic carbocycles. The van der Waals surface area contributed by atoms with E-state index in [-0.39, 0.29) is 18.7 Å². The van der Waals surface area contributed by atoms with Crippen LogP contribution in [-0.2, 0) is 14.9 Å². The third-order valence-corrected chi connectivity index (χ3v) is 5.53. The Labute approximate surface area is 198 Å². The maximum Gasteiger partial charge on any atom is 0.318 e. The number of morpholine rings is 1. The minimum absolute atomic E-state index is 0.0118. The Morgan fingerprint density at radius 1 is 1.18 bits per heavy atom. The number of carbonyl (C=O) groups excluding carboxylic acids is 2. The summed E-state index contributed by atoms with van der Waals surface area (Å²) in [6, 6.07) is -2.98. The van der Waals surface area contributed by atoms with Gasteiger partial charge in [-0.05, 0) is 6.42 Å². The number of hydrogen-bond donors (Lipinski definition) is 3. The first-order valence-corrected chi connectivity index (χ1v) is 11.7. The molecule has 1 fully saturated rings. The molecule has 0 bridgehead atoms. The Kier molecular flexibility index (Phi) is 9.74. The van der Waals surface area contributed by atoms with Crippen molar-refractivity contribution in [3.8, 4) is 0 Å². The molecule has 1 aliphatic heterocycles. The molecule has 2 heterocycles. The Bertz CT molecular complexity index is 808. The molecule has 0 aliphatic carbocycles. The number of hydrogen-bond acceptors (Lipinski definition) is 7. The van der Waals surface area contributed by atoms with Gasteiger partial charge in [-0.2, -0.15) is 4.98 Å². The zero-order chi connectivity index (χ0) is 25.5. The fraction of sp³-hybridized carbons (Fsp3) is 0.818. The second-order valence-corrected chi connectivity index (χ2v) is 9.59. The number of urea groups is 1. The molecule has 1 saturated heterocycles. The van der Waals surface area contributed by atoms with E-state index in [1.54, 1.807) is 13.8 Å². The molecule has 10 nitrogen and oxygen atoms in total. The van der Waals surface area contributed by atoms with Crippen LogP contribution < -0.4 is 10.6 Å². The number of rotatable bonds is 10. The highest BCUT2D eigenvalue weighted by Crippen LogP contribution is 2.27. The monoisotopic (exact) mass is 489 g/mol. The molecule has 1 aliphatic rings. The molecule has 1 unspecified atom stereocenters. The van der Waals surface area contributed by atoms with Gasteiger partial charge in [0.2, 0.25) is 17.6 Å². The van der Waals surface area contributed by atoms with E-state index in [9.17, 15) is 23.5 Å². The van der Waals surface area contributed by atoms with Crippen molar-refractivity contribution >= 4 is 11.9 Å². The van der Waals surface area contributed by atoms with Crippen LogP contribution >= 0.6 is 0 Å². The first kappa shape index (κ1) is 27.9. The van der Waals surface area contributed by atoms with Crippen LogP contribution in [0.3, 0.4) is 0 Å². The number of alkyl halides is 2. The minimum atomic E-state index is -3.15. The number of nitrogens with one attached hydrogen (secondary N) is 2. The van der Waals surface area contributed by atoms with E-state index in [2.05, 4.69) is 20.8 Å². The Balaban J connectivity index is 2.15. The van der Waals surface area contributed by atoms with Crippen LogP contribution in [0.4, 0.5) is 13.6 Å². The number of amides is 3. The van der Waals surface area contributed by atoms with Gasteiger partial charge >= 0.3 is 6.03 Å². The van der Waals surface area contributed by atoms with E-state index in [1.807, 2.05) is 20.8 Å². The van der Waals surface area contributed by atoms with Crippen LogP contribution in [0.15, 0.2) is 4.52 Å². The summed E-state index contributed by atoms with van der Waals surface area (Å²) in [6.07, 6.45) is -2.10. The fourth-order valence-corrected chi connectivity index (χ4v) is 3.51. The van der Waals surface area contributed by atoms with E-state index in [0.717, 1.165) is 0 Å². The van der Waals surface area contributed by atoms with E-state index < -0.39 is 54.3 Å². The molecule has 3 N–H and O–H groups in total. The van der Waals surface area contributed by atoms with Crippen LogP contribution in [0.25, 0.3) is 0 Å². The normalized spacial score (nSPS) is 17.7. The number of nitrogens with zero attached hydrogens (tertiary/aromatic N) is 3. The topological polar surface area (TPSA) is 130 Å². The van der Waals surface area contributed by atoms with E-state index in [0.29, 0.717) is 32.2 Å². The number of ether oxygens (including phenoxy) is 1. The Morgan fingerprint density at radius 3 is 2.35 bits per heavy atom. The van der Waals surface area contributed by atoms with Gasteiger partial charge in [0.25, 0.3) is 5.92 Å². The molecule has 3 atom stereocenters. The Morgan fingerprint density at radius 2 is 1.82 bits per heavy atom. The summed E-state index contributed by atoms with van der Waals surface area (Å²) in [7, 11) is 0. The number of aliphatic hydroxyl groups is 1. The van der Waals surface area contributed by atoms with Crippen molar-refractivity contribution in [2.75, 3.05) is 26.3 Å². The Hall–Kier alpha value is -2.34. The van der Waals surface area contributed by atoms with Crippen molar-refractivity contribution < 1.29 is 32.7 Å². The minimum Gasteiger partial charge on any atom is -0.383 e. The fourth-order valence-electron chi connectivity index (χ4n) is 3.51. The number of aromatic nitrogens is 2. The lowest BCUT2D eigenvalue weighted by Gasteiger charge is -2.31. The second-order valence-electron chi connectivity index (χ2n) is 9.59. The molecule has 1 aromatic rings. The molecule has 12 heteroatoms. The van der Waals surface area contributed by atoms with Gasteiger partial charge in [-0.15, -0.1) is 0 Å². The van der Waals surface area contributed by atoms with Crippen molar-refractivity contribution in [1.82, 2.24) is 25.7 Å². The van der Waals surface area contributed by atoms with Crippen molar-refractivity contribution in [2.45, 2.75) is 89.8 Å². The largest absolute Gasteiger partial charge is 0.383 e.